The number of halogens is 1. The predicted octanol–water partition coefficient (Wildman–Crippen LogP) is 5.16. The van der Waals surface area contributed by atoms with Crippen molar-refractivity contribution in [3.05, 3.63) is 56.6 Å². The first-order chi connectivity index (χ1) is 10.7. The van der Waals surface area contributed by atoms with Gasteiger partial charge in [-0.3, -0.25) is 4.79 Å². The van der Waals surface area contributed by atoms with E-state index in [9.17, 15) is 4.79 Å². The Balaban J connectivity index is 1.86. The van der Waals surface area contributed by atoms with Crippen molar-refractivity contribution in [3.8, 4) is 0 Å². The summed E-state index contributed by atoms with van der Waals surface area (Å²) < 4.78 is 0.996. The number of amides is 1. The lowest BCUT2D eigenvalue weighted by atomic mass is 10.2. The van der Waals surface area contributed by atoms with Crippen molar-refractivity contribution >= 4 is 56.0 Å². The summed E-state index contributed by atoms with van der Waals surface area (Å²) in [5.74, 6) is -0.270. The van der Waals surface area contributed by atoms with Crippen LogP contribution in [0, 0.1) is 0 Å². The van der Waals surface area contributed by atoms with Crippen molar-refractivity contribution in [1.29, 1.82) is 0 Å². The van der Waals surface area contributed by atoms with Gasteiger partial charge in [-0.25, -0.2) is 5.43 Å². The van der Waals surface area contributed by atoms with Crippen LogP contribution in [0.25, 0.3) is 10.1 Å². The van der Waals surface area contributed by atoms with Gasteiger partial charge in [-0.1, -0.05) is 42.8 Å². The molecular weight excluding hydrogens is 336 g/mol. The molecule has 0 aliphatic heterocycles. The van der Waals surface area contributed by atoms with Crippen LogP contribution in [0.4, 0.5) is 0 Å². The van der Waals surface area contributed by atoms with E-state index in [1.165, 1.54) is 11.3 Å². The van der Waals surface area contributed by atoms with Gasteiger partial charge in [-0.2, -0.15) is 5.10 Å². The number of nitrogens with one attached hydrogen (secondary N) is 1. The van der Waals surface area contributed by atoms with Crippen LogP contribution in [0.2, 0.25) is 5.02 Å². The molecular formula is C16H13ClN2OS2. The fraction of sp³-hybridized carbons (Fsp3) is 0.125. The summed E-state index contributed by atoms with van der Waals surface area (Å²) in [6.07, 6.45) is 0.751. The molecule has 2 aromatic heterocycles. The molecule has 0 radical (unpaired) electrons. The molecule has 0 aliphatic carbocycles. The maximum absolute atomic E-state index is 12.3. The van der Waals surface area contributed by atoms with Crippen LogP contribution in [0.15, 0.2) is 46.9 Å². The van der Waals surface area contributed by atoms with E-state index in [1.807, 2.05) is 48.7 Å². The molecule has 0 unspecified atom stereocenters. The second kappa shape index (κ2) is 6.60. The van der Waals surface area contributed by atoms with Crippen LogP contribution in [-0.4, -0.2) is 11.6 Å². The lowest BCUT2D eigenvalue weighted by Gasteiger charge is -2.02. The van der Waals surface area contributed by atoms with E-state index < -0.39 is 0 Å². The monoisotopic (exact) mass is 348 g/mol. The minimum absolute atomic E-state index is 0.270. The van der Waals surface area contributed by atoms with E-state index in [4.69, 9.17) is 11.6 Å². The summed E-state index contributed by atoms with van der Waals surface area (Å²) in [5, 5.41) is 7.63. The molecule has 0 bridgehead atoms. The Hall–Kier alpha value is -1.69. The molecule has 0 saturated carbocycles. The van der Waals surface area contributed by atoms with Gasteiger partial charge in [0.2, 0.25) is 0 Å². The molecule has 0 atom stereocenters. The summed E-state index contributed by atoms with van der Waals surface area (Å²) in [6.45, 7) is 2.01. The van der Waals surface area contributed by atoms with Gasteiger partial charge >= 0.3 is 0 Å². The van der Waals surface area contributed by atoms with Gasteiger partial charge in [0.05, 0.1) is 15.6 Å². The van der Waals surface area contributed by atoms with Crippen molar-refractivity contribution in [1.82, 2.24) is 5.43 Å². The van der Waals surface area contributed by atoms with Gasteiger partial charge < -0.3 is 0 Å². The van der Waals surface area contributed by atoms with Gasteiger partial charge in [-0.15, -0.1) is 22.7 Å². The van der Waals surface area contributed by atoms with E-state index >= 15 is 0 Å². The molecule has 0 fully saturated rings. The summed E-state index contributed by atoms with van der Waals surface area (Å²) in [5.41, 5.74) is 3.48. The number of hydrazone groups is 1. The zero-order chi connectivity index (χ0) is 15.5. The van der Waals surface area contributed by atoms with Crippen LogP contribution in [0.3, 0.4) is 0 Å². The summed E-state index contributed by atoms with van der Waals surface area (Å²) in [6, 6.07) is 11.7. The second-order valence-electron chi connectivity index (χ2n) is 4.57. The highest BCUT2D eigenvalue weighted by Crippen LogP contribution is 2.34. The normalized spacial score (nSPS) is 11.8. The zero-order valence-electron chi connectivity index (χ0n) is 11.8. The molecule has 22 heavy (non-hydrogen) atoms. The van der Waals surface area contributed by atoms with E-state index in [0.29, 0.717) is 9.90 Å². The fourth-order valence-corrected chi connectivity index (χ4v) is 4.27. The standard InChI is InChI=1S/C16H13ClN2OS2/c1-2-11(13-8-5-9-21-13)18-19-16(20)15-14(17)10-6-3-4-7-12(10)22-15/h3-9H,2H2,1H3,(H,19,20). The van der Waals surface area contributed by atoms with Gasteiger partial charge in [0.1, 0.15) is 4.88 Å². The van der Waals surface area contributed by atoms with Crippen LogP contribution in [-0.2, 0) is 0 Å². The predicted molar refractivity (Wildman–Crippen MR) is 95.4 cm³/mol. The fourth-order valence-electron chi connectivity index (χ4n) is 2.08. The van der Waals surface area contributed by atoms with Gasteiger partial charge in [-0.05, 0) is 23.9 Å². The molecule has 0 aliphatic rings. The van der Waals surface area contributed by atoms with Gasteiger partial charge in [0.15, 0.2) is 0 Å². The maximum atomic E-state index is 12.3. The van der Waals surface area contributed by atoms with Crippen molar-refractivity contribution in [2.45, 2.75) is 13.3 Å². The van der Waals surface area contributed by atoms with Crippen LogP contribution in [0.1, 0.15) is 27.9 Å². The minimum atomic E-state index is -0.270. The number of nitrogens with zero attached hydrogens (tertiary/aromatic N) is 1. The van der Waals surface area contributed by atoms with Crippen molar-refractivity contribution in [2.75, 3.05) is 0 Å². The SMILES string of the molecule is CCC(=NNC(=O)c1sc2ccccc2c1Cl)c1cccs1. The number of thiophene rings is 2. The first-order valence-corrected chi connectivity index (χ1v) is 8.86. The van der Waals surface area contributed by atoms with E-state index in [-0.39, 0.29) is 5.91 Å². The van der Waals surface area contributed by atoms with Crippen LogP contribution >= 0.6 is 34.3 Å². The topological polar surface area (TPSA) is 41.5 Å². The average molecular weight is 349 g/mol. The lowest BCUT2D eigenvalue weighted by molar-refractivity contribution is 0.0959. The van der Waals surface area contributed by atoms with Crippen molar-refractivity contribution in [3.63, 3.8) is 0 Å². The summed E-state index contributed by atoms with van der Waals surface area (Å²) >= 11 is 9.29. The van der Waals surface area contributed by atoms with Crippen LogP contribution in [0.5, 0.6) is 0 Å². The highest BCUT2D eigenvalue weighted by Gasteiger charge is 2.16. The molecule has 1 N–H and O–H groups in total. The third-order valence-electron chi connectivity index (χ3n) is 3.17. The molecule has 3 nitrogen and oxygen atoms in total. The third-order valence-corrected chi connectivity index (χ3v) is 5.77. The Morgan fingerprint density at radius 3 is 2.77 bits per heavy atom. The molecule has 3 rings (SSSR count). The highest BCUT2D eigenvalue weighted by atomic mass is 35.5. The first kappa shape index (κ1) is 15.2. The number of hydrogen-bond donors (Lipinski definition) is 1. The quantitative estimate of drug-likeness (QED) is 0.513. The Morgan fingerprint density at radius 2 is 2.09 bits per heavy atom. The number of carbonyl (C=O) groups excluding carboxylic acids is 1. The van der Waals surface area contributed by atoms with Gasteiger partial charge in [0.25, 0.3) is 5.91 Å². The second-order valence-corrected chi connectivity index (χ2v) is 6.95. The van der Waals surface area contributed by atoms with E-state index in [0.717, 1.165) is 27.1 Å². The molecule has 112 valence electrons. The van der Waals surface area contributed by atoms with Crippen molar-refractivity contribution in [2.24, 2.45) is 5.10 Å². The Labute approximate surface area is 141 Å². The third kappa shape index (κ3) is 2.92. The molecule has 2 heterocycles. The number of hydrogen-bond acceptors (Lipinski definition) is 4. The van der Waals surface area contributed by atoms with Crippen molar-refractivity contribution < 1.29 is 4.79 Å². The largest absolute Gasteiger partial charge is 0.283 e. The smallest absolute Gasteiger partial charge is 0.266 e. The Bertz CT molecular complexity index is 837. The molecule has 3 aromatic rings. The summed E-state index contributed by atoms with van der Waals surface area (Å²) in [4.78, 5) is 13.9. The number of carbonyl (C=O) groups is 1. The first-order valence-electron chi connectivity index (χ1n) is 6.78. The maximum Gasteiger partial charge on any atom is 0.283 e. The molecule has 1 amide bonds. The lowest BCUT2D eigenvalue weighted by Crippen LogP contribution is -2.19. The minimum Gasteiger partial charge on any atom is -0.266 e. The van der Waals surface area contributed by atoms with Gasteiger partial charge in [0, 0.05) is 10.1 Å². The Morgan fingerprint density at radius 1 is 1.27 bits per heavy atom. The molecule has 0 saturated heterocycles. The van der Waals surface area contributed by atoms with E-state index in [2.05, 4.69) is 10.5 Å². The average Bonchev–Trinajstić information content (AvgIpc) is 3.17. The molecule has 1 aromatic carbocycles. The number of benzene rings is 1. The Kier molecular flexibility index (Phi) is 4.57. The van der Waals surface area contributed by atoms with E-state index in [1.54, 1.807) is 11.3 Å². The molecule has 6 heteroatoms. The zero-order valence-corrected chi connectivity index (χ0v) is 14.2. The number of rotatable bonds is 4. The molecule has 0 spiro atoms. The highest BCUT2D eigenvalue weighted by molar-refractivity contribution is 7.21. The number of fused-ring (bicyclic) bond motifs is 1. The van der Waals surface area contributed by atoms with Crippen LogP contribution < -0.4 is 5.43 Å². The summed E-state index contributed by atoms with van der Waals surface area (Å²) in [7, 11) is 0.